The summed E-state index contributed by atoms with van der Waals surface area (Å²) < 4.78 is 5.18. The second kappa shape index (κ2) is 6.77. The number of pyridine rings is 1. The average molecular weight is 292 g/mol. The fraction of sp³-hybridized carbons (Fsp3) is 0.143. The summed E-state index contributed by atoms with van der Waals surface area (Å²) in [7, 11) is 0. The summed E-state index contributed by atoms with van der Waals surface area (Å²) >= 11 is 5.80. The highest BCUT2D eigenvalue weighted by molar-refractivity contribution is 6.29. The van der Waals surface area contributed by atoms with Crippen molar-refractivity contribution in [1.29, 1.82) is 0 Å². The largest absolute Gasteiger partial charge is 0.484 e. The van der Waals surface area contributed by atoms with Gasteiger partial charge in [-0.1, -0.05) is 29.8 Å². The van der Waals surface area contributed by atoms with Gasteiger partial charge in [0.2, 0.25) is 0 Å². The molecule has 20 heavy (non-hydrogen) atoms. The number of hydrogen-bond donors (Lipinski definition) is 2. The predicted octanol–water partition coefficient (Wildman–Crippen LogP) is 2.21. The first-order valence-electron chi connectivity index (χ1n) is 6.00. The summed E-state index contributed by atoms with van der Waals surface area (Å²) in [6.07, 6.45) is 0. The van der Waals surface area contributed by atoms with Crippen LogP contribution in [-0.4, -0.2) is 17.5 Å². The van der Waals surface area contributed by atoms with Crippen molar-refractivity contribution in [1.82, 2.24) is 4.98 Å². The molecule has 0 fully saturated rings. The van der Waals surface area contributed by atoms with Gasteiger partial charge in [0.1, 0.15) is 16.7 Å². The number of carbonyl (C=O) groups is 1. The number of nitrogens with zero attached hydrogens (tertiary/aromatic N) is 1. The number of benzene rings is 1. The highest BCUT2D eigenvalue weighted by atomic mass is 35.5. The molecule has 1 aromatic heterocycles. The summed E-state index contributed by atoms with van der Waals surface area (Å²) in [5.74, 6) is 0.822. The molecule has 0 radical (unpaired) electrons. The molecule has 0 spiro atoms. The molecule has 0 aliphatic carbocycles. The Balaban J connectivity index is 1.89. The number of nitrogens with two attached hydrogens (primary N) is 1. The van der Waals surface area contributed by atoms with Gasteiger partial charge in [0.25, 0.3) is 5.91 Å². The smallest absolute Gasteiger partial charge is 0.255 e. The molecule has 1 aromatic carbocycles. The summed E-state index contributed by atoms with van der Waals surface area (Å²) in [4.78, 5) is 14.7. The minimum absolute atomic E-state index is 0.121. The maximum Gasteiger partial charge on any atom is 0.255 e. The highest BCUT2D eigenvalue weighted by Crippen LogP contribution is 2.14. The Morgan fingerprint density at radius 1 is 1.25 bits per heavy atom. The SMILES string of the molecule is NC(=O)COc1ccc(CNc2cccc(Cl)n2)cc1. The van der Waals surface area contributed by atoms with Crippen molar-refractivity contribution in [2.75, 3.05) is 11.9 Å². The van der Waals surface area contributed by atoms with E-state index >= 15 is 0 Å². The molecular formula is C14H14ClN3O2. The molecule has 0 aliphatic heterocycles. The van der Waals surface area contributed by atoms with Crippen LogP contribution in [-0.2, 0) is 11.3 Å². The quantitative estimate of drug-likeness (QED) is 0.800. The molecule has 2 rings (SSSR count). The summed E-state index contributed by atoms with van der Waals surface area (Å²) in [5, 5.41) is 3.61. The van der Waals surface area contributed by atoms with Gasteiger partial charge in [0, 0.05) is 6.54 Å². The van der Waals surface area contributed by atoms with Crippen LogP contribution in [0.25, 0.3) is 0 Å². The van der Waals surface area contributed by atoms with Crippen molar-refractivity contribution < 1.29 is 9.53 Å². The number of nitrogens with one attached hydrogen (secondary N) is 1. The van der Waals surface area contributed by atoms with E-state index in [1.807, 2.05) is 24.3 Å². The van der Waals surface area contributed by atoms with Gasteiger partial charge in [-0.25, -0.2) is 4.98 Å². The lowest BCUT2D eigenvalue weighted by atomic mass is 10.2. The summed E-state index contributed by atoms with van der Waals surface area (Å²) in [5.41, 5.74) is 6.06. The van der Waals surface area contributed by atoms with Crippen LogP contribution in [0.4, 0.5) is 5.82 Å². The van der Waals surface area contributed by atoms with Gasteiger partial charge in [0.15, 0.2) is 6.61 Å². The van der Waals surface area contributed by atoms with Crippen molar-refractivity contribution in [2.45, 2.75) is 6.54 Å². The zero-order valence-electron chi connectivity index (χ0n) is 10.7. The van der Waals surface area contributed by atoms with Crippen LogP contribution in [0.3, 0.4) is 0 Å². The molecule has 2 aromatic rings. The lowest BCUT2D eigenvalue weighted by Gasteiger charge is -2.07. The van der Waals surface area contributed by atoms with Crippen LogP contribution < -0.4 is 15.8 Å². The zero-order valence-corrected chi connectivity index (χ0v) is 11.4. The number of carbonyl (C=O) groups excluding carboxylic acids is 1. The second-order valence-corrected chi connectivity index (χ2v) is 4.49. The monoisotopic (exact) mass is 291 g/mol. The number of halogens is 1. The summed E-state index contributed by atoms with van der Waals surface area (Å²) in [6, 6.07) is 12.8. The lowest BCUT2D eigenvalue weighted by molar-refractivity contribution is -0.119. The number of rotatable bonds is 6. The molecule has 1 amide bonds. The van der Waals surface area contributed by atoms with Crippen LogP contribution in [0.1, 0.15) is 5.56 Å². The molecular weight excluding hydrogens is 278 g/mol. The predicted molar refractivity (Wildman–Crippen MR) is 77.7 cm³/mol. The van der Waals surface area contributed by atoms with Crippen LogP contribution in [0, 0.1) is 0 Å². The fourth-order valence-corrected chi connectivity index (χ4v) is 1.72. The first-order valence-corrected chi connectivity index (χ1v) is 6.38. The minimum atomic E-state index is -0.497. The highest BCUT2D eigenvalue weighted by Gasteiger charge is 1.99. The second-order valence-electron chi connectivity index (χ2n) is 4.10. The molecule has 0 aliphatic rings. The van der Waals surface area contributed by atoms with E-state index in [0.29, 0.717) is 23.3 Å². The zero-order chi connectivity index (χ0) is 14.4. The van der Waals surface area contributed by atoms with Gasteiger partial charge < -0.3 is 15.8 Å². The van der Waals surface area contributed by atoms with Crippen molar-refractivity contribution in [3.8, 4) is 5.75 Å². The number of amides is 1. The number of primary amides is 1. The molecule has 0 bridgehead atoms. The third kappa shape index (κ3) is 4.44. The lowest BCUT2D eigenvalue weighted by Crippen LogP contribution is -2.19. The van der Waals surface area contributed by atoms with E-state index in [-0.39, 0.29) is 6.61 Å². The topological polar surface area (TPSA) is 77.2 Å². The Bertz CT molecular complexity index is 587. The molecule has 104 valence electrons. The molecule has 5 nitrogen and oxygen atoms in total. The Kier molecular flexibility index (Phi) is 4.79. The van der Waals surface area contributed by atoms with E-state index in [2.05, 4.69) is 10.3 Å². The maximum atomic E-state index is 10.6. The van der Waals surface area contributed by atoms with Crippen molar-refractivity contribution in [3.63, 3.8) is 0 Å². The third-order valence-corrected chi connectivity index (χ3v) is 2.70. The van der Waals surface area contributed by atoms with Gasteiger partial charge in [-0.15, -0.1) is 0 Å². The Hall–Kier alpha value is -2.27. The summed E-state index contributed by atoms with van der Waals surface area (Å²) in [6.45, 7) is 0.494. The van der Waals surface area contributed by atoms with E-state index in [1.54, 1.807) is 18.2 Å². The van der Waals surface area contributed by atoms with Crippen molar-refractivity contribution in [2.24, 2.45) is 5.73 Å². The standard InChI is InChI=1S/C14H14ClN3O2/c15-12-2-1-3-14(18-12)17-8-10-4-6-11(7-5-10)20-9-13(16)19/h1-7H,8-9H2,(H2,16,19)(H,17,18). The molecule has 1 heterocycles. The number of aromatic nitrogens is 1. The van der Waals surface area contributed by atoms with Gasteiger partial charge in [-0.2, -0.15) is 0 Å². The van der Waals surface area contributed by atoms with E-state index in [1.165, 1.54) is 0 Å². The molecule has 0 atom stereocenters. The molecule has 0 saturated heterocycles. The van der Waals surface area contributed by atoms with Crippen molar-refractivity contribution in [3.05, 3.63) is 53.2 Å². The molecule has 6 heteroatoms. The third-order valence-electron chi connectivity index (χ3n) is 2.49. The van der Waals surface area contributed by atoms with Gasteiger partial charge in [-0.05, 0) is 29.8 Å². The van der Waals surface area contributed by atoms with Crippen LogP contribution in [0.5, 0.6) is 5.75 Å². The molecule has 0 saturated carbocycles. The number of ether oxygens (including phenoxy) is 1. The Labute approximate surface area is 121 Å². The molecule has 3 N–H and O–H groups in total. The van der Waals surface area contributed by atoms with Gasteiger partial charge in [-0.3, -0.25) is 4.79 Å². The Morgan fingerprint density at radius 3 is 2.65 bits per heavy atom. The maximum absolute atomic E-state index is 10.6. The number of anilines is 1. The fourth-order valence-electron chi connectivity index (χ4n) is 1.56. The van der Waals surface area contributed by atoms with Crippen molar-refractivity contribution >= 4 is 23.3 Å². The first-order chi connectivity index (χ1) is 9.63. The van der Waals surface area contributed by atoms with E-state index in [0.717, 1.165) is 5.56 Å². The first kappa shape index (κ1) is 14.1. The molecule has 0 unspecified atom stereocenters. The Morgan fingerprint density at radius 2 is 2.00 bits per heavy atom. The van der Waals surface area contributed by atoms with E-state index in [4.69, 9.17) is 22.1 Å². The number of hydrogen-bond acceptors (Lipinski definition) is 4. The van der Waals surface area contributed by atoms with E-state index < -0.39 is 5.91 Å². The van der Waals surface area contributed by atoms with Crippen LogP contribution >= 0.6 is 11.6 Å². The van der Waals surface area contributed by atoms with E-state index in [9.17, 15) is 4.79 Å². The van der Waals surface area contributed by atoms with Gasteiger partial charge in [0.05, 0.1) is 0 Å². The van der Waals surface area contributed by atoms with Crippen LogP contribution in [0.2, 0.25) is 5.15 Å². The van der Waals surface area contributed by atoms with Crippen LogP contribution in [0.15, 0.2) is 42.5 Å². The minimum Gasteiger partial charge on any atom is -0.484 e. The average Bonchev–Trinajstić information content (AvgIpc) is 2.44. The normalized spacial score (nSPS) is 10.1. The van der Waals surface area contributed by atoms with Gasteiger partial charge >= 0.3 is 0 Å².